The number of aryl methyl sites for hydroxylation is 4. The van der Waals surface area contributed by atoms with E-state index in [9.17, 15) is 10.2 Å². The maximum absolute atomic E-state index is 11.8. The molecule has 0 fully saturated rings. The molecule has 0 unspecified atom stereocenters. The fourth-order valence-electron chi connectivity index (χ4n) is 9.22. The first-order valence-electron chi connectivity index (χ1n) is 24.0. The van der Waals surface area contributed by atoms with Crippen LogP contribution in [-0.2, 0) is 77.9 Å². The topological polar surface area (TPSA) is 128 Å². The third kappa shape index (κ3) is 9.98. The average molecular weight is 1320 g/mol. The molecule has 0 radical (unpaired) electrons. The molecule has 5 heterocycles. The molecular formula is C60H64N8O2Pt2-2. The predicted molar refractivity (Wildman–Crippen MR) is 284 cm³/mol. The molecular weight excluding hydrogens is 1250 g/mol. The zero-order valence-corrected chi connectivity index (χ0v) is 48.7. The number of imidazole rings is 2. The number of rotatable bonds is 6. The molecule has 0 aliphatic heterocycles. The van der Waals surface area contributed by atoms with Gasteiger partial charge in [0.15, 0.2) is 0 Å². The second-order valence-corrected chi connectivity index (χ2v) is 23.1. The Labute approximate surface area is 453 Å². The van der Waals surface area contributed by atoms with Gasteiger partial charge >= 0.3 is 0 Å². The van der Waals surface area contributed by atoms with Crippen molar-refractivity contribution in [2.75, 3.05) is 0 Å². The van der Waals surface area contributed by atoms with Gasteiger partial charge in [-0.3, -0.25) is 19.9 Å². The van der Waals surface area contributed by atoms with Crippen molar-refractivity contribution in [2.45, 2.75) is 119 Å². The maximum atomic E-state index is 11.8. The summed E-state index contributed by atoms with van der Waals surface area (Å²) in [5.41, 5.74) is 15.4. The van der Waals surface area contributed by atoms with Gasteiger partial charge in [-0.05, 0) is 24.3 Å². The van der Waals surface area contributed by atoms with Gasteiger partial charge in [0.1, 0.15) is 23.1 Å². The smallest absolute Gasteiger partial charge is 0.148 e. The Morgan fingerprint density at radius 2 is 0.806 bits per heavy atom. The number of benzene rings is 4. The first-order valence-corrected chi connectivity index (χ1v) is 24.0. The van der Waals surface area contributed by atoms with E-state index in [0.29, 0.717) is 34.2 Å². The number of hydrogen-bond donors (Lipinski definition) is 2. The van der Waals surface area contributed by atoms with Crippen LogP contribution >= 0.6 is 0 Å². The van der Waals surface area contributed by atoms with E-state index >= 15 is 0 Å². The van der Waals surface area contributed by atoms with E-state index in [1.54, 1.807) is 6.33 Å². The van der Waals surface area contributed by atoms with Crippen molar-refractivity contribution in [3.63, 3.8) is 0 Å². The molecule has 9 rings (SSSR count). The number of fused-ring (bicyclic) bond motifs is 2. The van der Waals surface area contributed by atoms with Gasteiger partial charge in [-0.1, -0.05) is 150 Å². The van der Waals surface area contributed by atoms with Crippen LogP contribution in [0.1, 0.15) is 117 Å². The zero-order chi connectivity index (χ0) is 50.6. The van der Waals surface area contributed by atoms with Crippen molar-refractivity contribution in [1.82, 2.24) is 39.0 Å². The van der Waals surface area contributed by atoms with Crippen LogP contribution in [0.3, 0.4) is 0 Å². The fourth-order valence-corrected chi connectivity index (χ4v) is 9.22. The van der Waals surface area contributed by atoms with Crippen LogP contribution in [0, 0.1) is 26.0 Å². The molecule has 378 valence electrons. The standard InChI is InChI=1S/C60H64N8O2.2Pt/c1-33-23-35(39-19-17-21-45-49(39)65-55(67(45)15)41-29-47(57(3,4)5)63-53(51(41)69)59(9,10)11)27-37(25-33)43-31-44(62-32-61-43)38-26-34(2)24-36(28-38)40-20-18-22-46-50(40)66-56(68(46)16)42-30-48(58(6,7)8)64-54(52(42)70)60(12,13)14;;/h17-26,29-32,69-70H,1-16H3;;/q-2;;. The second-order valence-electron chi connectivity index (χ2n) is 23.1. The minimum absolute atomic E-state index is 0. The molecule has 10 nitrogen and oxygen atoms in total. The average Bonchev–Trinajstić information content (AvgIpc) is 3.80. The first-order chi connectivity index (χ1) is 32.7. The maximum Gasteiger partial charge on any atom is 0.148 e. The van der Waals surface area contributed by atoms with Gasteiger partial charge < -0.3 is 19.3 Å². The monoisotopic (exact) mass is 1320 g/mol. The van der Waals surface area contributed by atoms with Gasteiger partial charge in [0.2, 0.25) is 0 Å². The number of pyridine rings is 2. The Kier molecular flexibility index (Phi) is 14.4. The summed E-state index contributed by atoms with van der Waals surface area (Å²) in [5, 5.41) is 23.6. The zero-order valence-electron chi connectivity index (χ0n) is 44.2. The van der Waals surface area contributed by atoms with Gasteiger partial charge in [0, 0.05) is 101 Å². The van der Waals surface area contributed by atoms with Crippen LogP contribution in [-0.4, -0.2) is 49.3 Å². The van der Waals surface area contributed by atoms with Crippen LogP contribution in [0.15, 0.2) is 85.2 Å². The molecule has 0 amide bonds. The van der Waals surface area contributed by atoms with E-state index in [-0.39, 0.29) is 75.3 Å². The molecule has 12 heteroatoms. The molecule has 0 spiro atoms. The van der Waals surface area contributed by atoms with E-state index in [2.05, 4.69) is 167 Å². The summed E-state index contributed by atoms with van der Waals surface area (Å²) in [5.74, 6) is 1.63. The molecule has 0 atom stereocenters. The molecule has 5 aromatic heterocycles. The summed E-state index contributed by atoms with van der Waals surface area (Å²) >= 11 is 0. The summed E-state index contributed by atoms with van der Waals surface area (Å²) < 4.78 is 4.11. The quantitative estimate of drug-likeness (QED) is 0.158. The number of nitrogens with zero attached hydrogens (tertiary/aromatic N) is 8. The van der Waals surface area contributed by atoms with Crippen LogP contribution in [0.4, 0.5) is 0 Å². The summed E-state index contributed by atoms with van der Waals surface area (Å²) in [6.07, 6.45) is 1.60. The Morgan fingerprint density at radius 1 is 0.444 bits per heavy atom. The molecule has 0 saturated heterocycles. The van der Waals surface area contributed by atoms with Gasteiger partial charge in [-0.25, -0.2) is 9.97 Å². The SMILES string of the molecule is Cc1cc(-c2cc(-c3[c-]c(-c4cccc5c4nc(-c4cc(C(C)(C)C)nc(C(C)(C)C)c4O)n5C)cc(C)c3)ncn2)[c-]c(-c2cccc3c2nc(-c2cc(C(C)(C)C)nc(C(C)(C)C)c2O)n3C)c1.[Pt].[Pt]. The van der Waals surface area contributed by atoms with Crippen LogP contribution in [0.25, 0.3) is 89.6 Å². The minimum Gasteiger partial charge on any atom is -0.505 e. The molecule has 0 bridgehead atoms. The van der Waals surface area contributed by atoms with E-state index in [0.717, 1.165) is 89.4 Å². The summed E-state index contributed by atoms with van der Waals surface area (Å²) in [7, 11) is 3.99. The minimum atomic E-state index is -0.385. The Hall–Kier alpha value is -5.82. The largest absolute Gasteiger partial charge is 0.505 e. The Bertz CT molecular complexity index is 3330. The van der Waals surface area contributed by atoms with Crippen molar-refractivity contribution >= 4 is 22.1 Å². The number of aromatic hydroxyl groups is 2. The van der Waals surface area contributed by atoms with E-state index in [1.807, 2.05) is 44.4 Å². The van der Waals surface area contributed by atoms with Crippen molar-refractivity contribution in [2.24, 2.45) is 14.1 Å². The van der Waals surface area contributed by atoms with E-state index < -0.39 is 0 Å². The molecule has 72 heavy (non-hydrogen) atoms. The summed E-state index contributed by atoms with van der Waals surface area (Å²) in [6.45, 7) is 29.4. The third-order valence-electron chi connectivity index (χ3n) is 13.1. The van der Waals surface area contributed by atoms with Gasteiger partial charge in [0.25, 0.3) is 0 Å². The van der Waals surface area contributed by atoms with Gasteiger partial charge in [0.05, 0.1) is 50.9 Å². The van der Waals surface area contributed by atoms with E-state index in [1.165, 1.54) is 0 Å². The fraction of sp³-hybridized carbons (Fsp3) is 0.333. The number of aromatic nitrogens is 8. The predicted octanol–water partition coefficient (Wildman–Crippen LogP) is 13.9. The third-order valence-corrected chi connectivity index (χ3v) is 13.1. The van der Waals surface area contributed by atoms with E-state index in [4.69, 9.17) is 29.9 Å². The first kappa shape index (κ1) is 54.0. The van der Waals surface area contributed by atoms with Gasteiger partial charge in [-0.15, -0.1) is 58.7 Å². The molecule has 9 aromatic rings. The molecule has 0 aliphatic rings. The Morgan fingerprint density at radius 3 is 1.15 bits per heavy atom. The van der Waals surface area contributed by atoms with Crippen molar-refractivity contribution in [3.05, 3.63) is 131 Å². The summed E-state index contributed by atoms with van der Waals surface area (Å²) in [6, 6.07) is 34.2. The molecule has 0 aliphatic carbocycles. The van der Waals surface area contributed by atoms with Crippen LogP contribution < -0.4 is 0 Å². The molecule has 4 aromatic carbocycles. The van der Waals surface area contributed by atoms with Crippen molar-refractivity contribution in [3.8, 4) is 79.0 Å². The number of para-hydroxylation sites is 2. The van der Waals surface area contributed by atoms with Crippen LogP contribution in [0.2, 0.25) is 0 Å². The van der Waals surface area contributed by atoms with Crippen molar-refractivity contribution in [1.29, 1.82) is 0 Å². The van der Waals surface area contributed by atoms with Gasteiger partial charge in [-0.2, -0.15) is 0 Å². The summed E-state index contributed by atoms with van der Waals surface area (Å²) in [4.78, 5) is 30.0. The molecule has 2 N–H and O–H groups in total. The number of hydrogen-bond acceptors (Lipinski definition) is 8. The molecule has 0 saturated carbocycles. The van der Waals surface area contributed by atoms with Crippen LogP contribution in [0.5, 0.6) is 11.5 Å². The van der Waals surface area contributed by atoms with Crippen molar-refractivity contribution < 1.29 is 52.3 Å². The second kappa shape index (κ2) is 19.2. The normalized spacial score (nSPS) is 12.3. The Balaban J connectivity index is 0.00000380.